The second-order valence-electron chi connectivity index (χ2n) is 7.69. The van der Waals surface area contributed by atoms with Crippen LogP contribution in [0.4, 0.5) is 0 Å². The average Bonchev–Trinajstić information content (AvgIpc) is 3.29. The van der Waals surface area contributed by atoms with Crippen molar-refractivity contribution in [3.8, 4) is 0 Å². The minimum atomic E-state index is -0.288. The fourth-order valence-electron chi connectivity index (χ4n) is 4.18. The van der Waals surface area contributed by atoms with E-state index in [1.165, 1.54) is 24.2 Å². The number of rotatable bonds is 11. The molecule has 150 valence electrons. The molecule has 2 aliphatic heterocycles. The van der Waals surface area contributed by atoms with Crippen molar-refractivity contribution >= 4 is 29.4 Å². The lowest BCUT2D eigenvalue weighted by Gasteiger charge is -2.28. The summed E-state index contributed by atoms with van der Waals surface area (Å²) in [6.45, 7) is 2.24. The van der Waals surface area contributed by atoms with Crippen molar-refractivity contribution in [2.75, 3.05) is 11.5 Å². The van der Waals surface area contributed by atoms with E-state index < -0.39 is 0 Å². The Hall–Kier alpha value is -0.690. The minimum Gasteiger partial charge on any atom is -0.374 e. The first-order valence-corrected chi connectivity index (χ1v) is 12.2. The number of hydroxylamine groups is 1. The first-order chi connectivity index (χ1) is 13.2. The third-order valence-electron chi connectivity index (χ3n) is 5.72. The molecule has 0 aromatic heterocycles. The zero-order valence-electron chi connectivity index (χ0n) is 16.0. The summed E-state index contributed by atoms with van der Waals surface area (Å²) in [6, 6.07) is 10.7. The van der Waals surface area contributed by atoms with Crippen molar-refractivity contribution < 1.29 is 14.7 Å². The van der Waals surface area contributed by atoms with E-state index in [9.17, 15) is 4.79 Å². The second-order valence-corrected chi connectivity index (χ2v) is 10.2. The molecule has 2 fully saturated rings. The largest absolute Gasteiger partial charge is 0.374 e. The van der Waals surface area contributed by atoms with Gasteiger partial charge in [0, 0.05) is 29.3 Å². The van der Waals surface area contributed by atoms with Crippen LogP contribution in [-0.2, 0) is 15.3 Å². The fraction of sp³-hybridized carbons (Fsp3) is 0.667. The number of nitrogens with one attached hydrogen (secondary N) is 1. The molecule has 0 radical (unpaired) electrons. The van der Waals surface area contributed by atoms with Crippen LogP contribution >= 0.6 is 23.5 Å². The van der Waals surface area contributed by atoms with Crippen LogP contribution in [0.5, 0.6) is 0 Å². The molecule has 2 saturated heterocycles. The first-order valence-electron chi connectivity index (χ1n) is 9.99. The van der Waals surface area contributed by atoms with Crippen molar-refractivity contribution in [2.45, 2.75) is 62.2 Å². The van der Waals surface area contributed by atoms with Crippen molar-refractivity contribution in [1.29, 1.82) is 0 Å². The van der Waals surface area contributed by atoms with Crippen molar-refractivity contribution in [1.82, 2.24) is 5.48 Å². The maximum atomic E-state index is 11.1. The van der Waals surface area contributed by atoms with Gasteiger partial charge in [0.25, 0.3) is 0 Å². The van der Waals surface area contributed by atoms with Gasteiger partial charge in [-0.3, -0.25) is 10.0 Å². The number of thioether (sulfide) groups is 2. The summed E-state index contributed by atoms with van der Waals surface area (Å²) in [5.41, 5.74) is 3.11. The predicted molar refractivity (Wildman–Crippen MR) is 113 cm³/mol. The highest BCUT2D eigenvalue weighted by Crippen LogP contribution is 2.46. The van der Waals surface area contributed by atoms with E-state index in [0.29, 0.717) is 35.7 Å². The number of carbonyl (C=O) groups is 1. The summed E-state index contributed by atoms with van der Waals surface area (Å²) in [5, 5.41) is 9.09. The van der Waals surface area contributed by atoms with E-state index in [1.54, 1.807) is 5.48 Å². The number of ether oxygens (including phenoxy) is 1. The third-order valence-corrected chi connectivity index (χ3v) is 8.26. The van der Waals surface area contributed by atoms with Gasteiger partial charge in [0.2, 0.25) is 5.91 Å². The summed E-state index contributed by atoms with van der Waals surface area (Å²) < 4.78 is 6.25. The first kappa shape index (κ1) is 21.0. The van der Waals surface area contributed by atoms with Crippen LogP contribution in [0.3, 0.4) is 0 Å². The highest BCUT2D eigenvalue weighted by Gasteiger charge is 2.48. The number of benzene rings is 1. The fourth-order valence-corrected chi connectivity index (χ4v) is 6.81. The van der Waals surface area contributed by atoms with Gasteiger partial charge in [-0.1, -0.05) is 37.3 Å². The van der Waals surface area contributed by atoms with Crippen LogP contribution in [0.15, 0.2) is 30.3 Å². The van der Waals surface area contributed by atoms with Crippen molar-refractivity contribution in [3.05, 3.63) is 35.9 Å². The molecule has 1 aromatic carbocycles. The van der Waals surface area contributed by atoms with Crippen molar-refractivity contribution in [2.24, 2.45) is 11.8 Å². The van der Waals surface area contributed by atoms with Gasteiger partial charge in [-0.25, -0.2) is 5.48 Å². The molecule has 27 heavy (non-hydrogen) atoms. The lowest BCUT2D eigenvalue weighted by Crippen LogP contribution is -2.31. The van der Waals surface area contributed by atoms with Crippen LogP contribution in [0.1, 0.15) is 44.6 Å². The molecule has 2 aliphatic rings. The van der Waals surface area contributed by atoms with Gasteiger partial charge in [-0.05, 0) is 42.8 Å². The Morgan fingerprint density at radius 1 is 1.22 bits per heavy atom. The van der Waals surface area contributed by atoms with E-state index in [-0.39, 0.29) is 5.91 Å². The molecular weight excluding hydrogens is 378 g/mol. The van der Waals surface area contributed by atoms with Crippen LogP contribution in [0, 0.1) is 11.8 Å². The lowest BCUT2D eigenvalue weighted by atomic mass is 9.81. The highest BCUT2D eigenvalue weighted by molar-refractivity contribution is 7.99. The maximum Gasteiger partial charge on any atom is 0.243 e. The van der Waals surface area contributed by atoms with Gasteiger partial charge in [-0.15, -0.1) is 0 Å². The van der Waals surface area contributed by atoms with E-state index >= 15 is 0 Å². The Bertz CT molecular complexity index is 586. The highest BCUT2D eigenvalue weighted by atomic mass is 32.2. The zero-order chi connectivity index (χ0) is 19.1. The standard InChI is InChI=1S/C21H31NO3S2/c1-15(6-5-9-21(23)22-24)27-14-18-17(19-10-11-20(18)25-19)13-26-12-16-7-3-2-4-8-16/h2-4,7-8,15,17-20,24H,5-6,9-14H2,1H3,(H,22,23). The number of hydrogen-bond acceptors (Lipinski definition) is 5. The molecule has 4 nitrogen and oxygen atoms in total. The second kappa shape index (κ2) is 10.7. The molecule has 2 N–H and O–H groups in total. The zero-order valence-corrected chi connectivity index (χ0v) is 17.6. The average molecular weight is 410 g/mol. The summed E-state index contributed by atoms with van der Waals surface area (Å²) in [7, 11) is 0. The van der Waals surface area contributed by atoms with Crippen molar-refractivity contribution in [3.63, 3.8) is 0 Å². The van der Waals surface area contributed by atoms with E-state index in [0.717, 1.165) is 24.3 Å². The molecule has 0 spiro atoms. The van der Waals surface area contributed by atoms with Crippen LogP contribution in [0.25, 0.3) is 0 Å². The third kappa shape index (κ3) is 6.14. The molecule has 2 heterocycles. The van der Waals surface area contributed by atoms with E-state index in [1.807, 2.05) is 23.5 Å². The SMILES string of the molecule is CC(CCCC(=O)NO)SCC1C2CCC(O2)C1CSCc1ccccc1. The molecule has 1 amide bonds. The normalized spacial score (nSPS) is 27.6. The van der Waals surface area contributed by atoms with Gasteiger partial charge in [0.15, 0.2) is 0 Å². The topological polar surface area (TPSA) is 58.6 Å². The predicted octanol–water partition coefficient (Wildman–Crippen LogP) is 4.51. The van der Waals surface area contributed by atoms with Gasteiger partial charge in [-0.2, -0.15) is 23.5 Å². The quantitative estimate of drug-likeness (QED) is 0.416. The Kier molecular flexibility index (Phi) is 8.37. The summed E-state index contributed by atoms with van der Waals surface area (Å²) in [5.74, 6) is 4.48. The lowest BCUT2D eigenvalue weighted by molar-refractivity contribution is -0.129. The smallest absolute Gasteiger partial charge is 0.243 e. The van der Waals surface area contributed by atoms with E-state index in [4.69, 9.17) is 9.94 Å². The van der Waals surface area contributed by atoms with Gasteiger partial charge in [0.05, 0.1) is 12.2 Å². The Morgan fingerprint density at radius 3 is 2.63 bits per heavy atom. The molecular formula is C21H31NO3S2. The number of amides is 1. The number of fused-ring (bicyclic) bond motifs is 2. The molecule has 0 saturated carbocycles. The number of carbonyl (C=O) groups excluding carboxylic acids is 1. The van der Waals surface area contributed by atoms with E-state index in [2.05, 4.69) is 37.3 Å². The Balaban J connectivity index is 1.40. The Labute approximate surface area is 171 Å². The summed E-state index contributed by atoms with van der Waals surface area (Å²) >= 11 is 4.07. The van der Waals surface area contributed by atoms with Crippen LogP contribution in [0.2, 0.25) is 0 Å². The summed E-state index contributed by atoms with van der Waals surface area (Å²) in [4.78, 5) is 11.1. The molecule has 0 aliphatic carbocycles. The Morgan fingerprint density at radius 2 is 1.93 bits per heavy atom. The minimum absolute atomic E-state index is 0.288. The molecule has 6 heteroatoms. The maximum absolute atomic E-state index is 11.1. The molecule has 3 rings (SSSR count). The molecule has 5 atom stereocenters. The van der Waals surface area contributed by atoms with Gasteiger partial charge in [0.1, 0.15) is 0 Å². The molecule has 5 unspecified atom stereocenters. The van der Waals surface area contributed by atoms with Gasteiger partial charge >= 0.3 is 0 Å². The molecule has 2 bridgehead atoms. The number of hydrogen-bond donors (Lipinski definition) is 2. The van der Waals surface area contributed by atoms with Crippen LogP contribution in [-0.4, -0.2) is 40.1 Å². The summed E-state index contributed by atoms with van der Waals surface area (Å²) in [6.07, 6.45) is 5.61. The van der Waals surface area contributed by atoms with Gasteiger partial charge < -0.3 is 4.74 Å². The molecule has 1 aromatic rings. The van der Waals surface area contributed by atoms with Crippen LogP contribution < -0.4 is 5.48 Å². The monoisotopic (exact) mass is 409 g/mol.